The third-order valence-corrected chi connectivity index (χ3v) is 4.59. The molecule has 0 heterocycles. The summed E-state index contributed by atoms with van der Waals surface area (Å²) in [5.41, 5.74) is 4.14. The van der Waals surface area contributed by atoms with Crippen molar-refractivity contribution in [3.8, 4) is 5.75 Å². The van der Waals surface area contributed by atoms with Crippen LogP contribution in [0.5, 0.6) is 5.75 Å². The van der Waals surface area contributed by atoms with Crippen molar-refractivity contribution < 1.29 is 33.6 Å². The molecular weight excluding hydrogens is 472 g/mol. The van der Waals surface area contributed by atoms with E-state index in [0.717, 1.165) is 0 Å². The standard InChI is InChI=1S/C21H21ClN4O8/c1-33-13-9-10-17(26(31)32)16(11-13)23-19(28)12-34-20(29)8-4-7-18(27)24-25-21(30)14-5-2-3-6-15(14)22/h2-3,5-6,9-11H,4,7-8,12H2,1H3,(H,23,28)(H,24,27)(H,25,30). The first-order chi connectivity index (χ1) is 16.2. The van der Waals surface area contributed by atoms with Gasteiger partial charge in [-0.25, -0.2) is 0 Å². The van der Waals surface area contributed by atoms with E-state index in [1.54, 1.807) is 12.1 Å². The predicted molar refractivity (Wildman–Crippen MR) is 120 cm³/mol. The number of hydrogen-bond donors (Lipinski definition) is 3. The van der Waals surface area contributed by atoms with Crippen LogP contribution in [0.15, 0.2) is 42.5 Å². The number of esters is 1. The summed E-state index contributed by atoms with van der Waals surface area (Å²) in [4.78, 5) is 58.0. The molecule has 0 saturated heterocycles. The molecule has 2 aromatic rings. The van der Waals surface area contributed by atoms with Crippen molar-refractivity contribution in [3.63, 3.8) is 0 Å². The largest absolute Gasteiger partial charge is 0.497 e. The number of hydrogen-bond acceptors (Lipinski definition) is 8. The van der Waals surface area contributed by atoms with Crippen LogP contribution in [0.4, 0.5) is 11.4 Å². The monoisotopic (exact) mass is 492 g/mol. The Morgan fingerprint density at radius 3 is 2.44 bits per heavy atom. The number of hydrazine groups is 1. The van der Waals surface area contributed by atoms with E-state index in [4.69, 9.17) is 21.1 Å². The molecule has 0 saturated carbocycles. The number of ether oxygens (including phenoxy) is 2. The first kappa shape index (κ1) is 26.1. The average Bonchev–Trinajstić information content (AvgIpc) is 2.81. The maximum absolute atomic E-state index is 12.0. The zero-order valence-electron chi connectivity index (χ0n) is 18.0. The second-order valence-electron chi connectivity index (χ2n) is 6.68. The van der Waals surface area contributed by atoms with E-state index in [0.29, 0.717) is 5.75 Å². The summed E-state index contributed by atoms with van der Waals surface area (Å²) in [6, 6.07) is 10.1. The van der Waals surface area contributed by atoms with Gasteiger partial charge in [-0.05, 0) is 24.6 Å². The molecule has 0 unspecified atom stereocenters. The molecule has 180 valence electrons. The second-order valence-corrected chi connectivity index (χ2v) is 7.09. The van der Waals surface area contributed by atoms with E-state index in [1.807, 2.05) is 0 Å². The highest BCUT2D eigenvalue weighted by Gasteiger charge is 2.18. The van der Waals surface area contributed by atoms with Gasteiger partial charge >= 0.3 is 5.97 Å². The van der Waals surface area contributed by atoms with Gasteiger partial charge in [0.25, 0.3) is 17.5 Å². The molecule has 13 heteroatoms. The first-order valence-corrected chi connectivity index (χ1v) is 10.2. The van der Waals surface area contributed by atoms with Gasteiger partial charge in [0.05, 0.1) is 22.6 Å². The number of anilines is 1. The van der Waals surface area contributed by atoms with E-state index in [1.165, 1.54) is 37.4 Å². The molecule has 0 atom stereocenters. The number of nitrogens with one attached hydrogen (secondary N) is 3. The number of rotatable bonds is 10. The van der Waals surface area contributed by atoms with Crippen molar-refractivity contribution in [1.82, 2.24) is 10.9 Å². The third-order valence-electron chi connectivity index (χ3n) is 4.26. The molecule has 0 radical (unpaired) electrons. The highest BCUT2D eigenvalue weighted by molar-refractivity contribution is 6.33. The summed E-state index contributed by atoms with van der Waals surface area (Å²) in [5.74, 6) is -2.39. The minimum atomic E-state index is -0.787. The summed E-state index contributed by atoms with van der Waals surface area (Å²) in [7, 11) is 1.36. The Labute approximate surface area is 198 Å². The molecule has 3 amide bonds. The summed E-state index contributed by atoms with van der Waals surface area (Å²) in [6.07, 6.45) is -0.172. The smallest absolute Gasteiger partial charge is 0.306 e. The molecule has 3 N–H and O–H groups in total. The molecule has 12 nitrogen and oxygen atoms in total. The van der Waals surface area contributed by atoms with Crippen LogP contribution in [0, 0.1) is 10.1 Å². The van der Waals surface area contributed by atoms with Gasteiger partial charge in [-0.15, -0.1) is 0 Å². The minimum Gasteiger partial charge on any atom is -0.497 e. The fourth-order valence-corrected chi connectivity index (χ4v) is 2.82. The Bertz CT molecular complexity index is 1090. The summed E-state index contributed by atoms with van der Waals surface area (Å²) in [6.45, 7) is -0.673. The van der Waals surface area contributed by atoms with Crippen LogP contribution in [-0.2, 0) is 19.1 Å². The number of benzene rings is 2. The molecule has 0 fully saturated rings. The van der Waals surface area contributed by atoms with Crippen LogP contribution in [0.1, 0.15) is 29.6 Å². The fourth-order valence-electron chi connectivity index (χ4n) is 2.60. The predicted octanol–water partition coefficient (Wildman–Crippen LogP) is 2.37. The van der Waals surface area contributed by atoms with Crippen molar-refractivity contribution in [2.24, 2.45) is 0 Å². The van der Waals surface area contributed by atoms with Crippen LogP contribution < -0.4 is 20.9 Å². The lowest BCUT2D eigenvalue weighted by atomic mass is 10.2. The van der Waals surface area contributed by atoms with Gasteiger partial charge in [0.1, 0.15) is 11.4 Å². The van der Waals surface area contributed by atoms with Gasteiger partial charge < -0.3 is 14.8 Å². The molecule has 2 rings (SSSR count). The Balaban J connectivity index is 1.70. The Kier molecular flexibility index (Phi) is 9.77. The topological polar surface area (TPSA) is 166 Å². The SMILES string of the molecule is COc1ccc([N+](=O)[O-])c(NC(=O)COC(=O)CCCC(=O)NNC(=O)c2ccccc2Cl)c1. The quantitative estimate of drug-likeness (QED) is 0.258. The summed E-state index contributed by atoms with van der Waals surface area (Å²) in [5, 5.41) is 13.6. The summed E-state index contributed by atoms with van der Waals surface area (Å²) < 4.78 is 9.79. The number of carbonyl (C=O) groups is 4. The van der Waals surface area contributed by atoms with Crippen LogP contribution in [0.2, 0.25) is 5.02 Å². The molecule has 34 heavy (non-hydrogen) atoms. The number of nitrogens with zero attached hydrogens (tertiary/aromatic N) is 1. The fraction of sp³-hybridized carbons (Fsp3) is 0.238. The van der Waals surface area contributed by atoms with Crippen molar-refractivity contribution in [2.45, 2.75) is 19.3 Å². The van der Waals surface area contributed by atoms with Crippen molar-refractivity contribution in [3.05, 3.63) is 63.2 Å². The van der Waals surface area contributed by atoms with Gasteiger partial charge in [-0.1, -0.05) is 23.7 Å². The van der Waals surface area contributed by atoms with Crippen LogP contribution in [0.25, 0.3) is 0 Å². The third kappa shape index (κ3) is 8.06. The molecule has 0 aliphatic heterocycles. The lowest BCUT2D eigenvalue weighted by Crippen LogP contribution is -2.41. The zero-order valence-corrected chi connectivity index (χ0v) is 18.7. The molecule has 0 bridgehead atoms. The Morgan fingerprint density at radius 1 is 1.03 bits per heavy atom. The maximum Gasteiger partial charge on any atom is 0.306 e. The lowest BCUT2D eigenvalue weighted by Gasteiger charge is -2.09. The van der Waals surface area contributed by atoms with Gasteiger partial charge in [-0.2, -0.15) is 0 Å². The first-order valence-electron chi connectivity index (χ1n) is 9.83. The maximum atomic E-state index is 12.0. The van der Waals surface area contributed by atoms with E-state index < -0.39 is 35.2 Å². The number of methoxy groups -OCH3 is 1. The molecule has 0 aliphatic carbocycles. The van der Waals surface area contributed by atoms with E-state index in [2.05, 4.69) is 16.2 Å². The Hall–Kier alpha value is -4.19. The number of amides is 3. The number of nitro groups is 1. The lowest BCUT2D eigenvalue weighted by molar-refractivity contribution is -0.383. The van der Waals surface area contributed by atoms with Crippen molar-refractivity contribution in [1.29, 1.82) is 0 Å². The second kappa shape index (κ2) is 12.7. The zero-order chi connectivity index (χ0) is 25.1. The number of halogens is 1. The van der Waals surface area contributed by atoms with E-state index >= 15 is 0 Å². The Morgan fingerprint density at radius 2 is 1.76 bits per heavy atom. The van der Waals surface area contributed by atoms with Gasteiger partial charge in [0.15, 0.2) is 6.61 Å². The van der Waals surface area contributed by atoms with Crippen LogP contribution in [-0.4, -0.2) is 42.3 Å². The minimum absolute atomic E-state index is 0.0929. The molecular formula is C21H21ClN4O8. The molecule has 2 aromatic carbocycles. The highest BCUT2D eigenvalue weighted by Crippen LogP contribution is 2.28. The summed E-state index contributed by atoms with van der Waals surface area (Å²) >= 11 is 5.90. The molecule has 0 spiro atoms. The van der Waals surface area contributed by atoms with Gasteiger partial charge in [-0.3, -0.25) is 40.1 Å². The van der Waals surface area contributed by atoms with Crippen molar-refractivity contribution >= 4 is 46.7 Å². The van der Waals surface area contributed by atoms with Crippen molar-refractivity contribution in [2.75, 3.05) is 19.0 Å². The normalized spacial score (nSPS) is 10.1. The molecule has 0 aromatic heterocycles. The highest BCUT2D eigenvalue weighted by atomic mass is 35.5. The number of carbonyl (C=O) groups excluding carboxylic acids is 4. The van der Waals surface area contributed by atoms with Crippen LogP contribution >= 0.6 is 11.6 Å². The van der Waals surface area contributed by atoms with E-state index in [9.17, 15) is 29.3 Å². The molecule has 0 aliphatic rings. The van der Waals surface area contributed by atoms with Crippen LogP contribution in [0.3, 0.4) is 0 Å². The van der Waals surface area contributed by atoms with Gasteiger partial charge in [0, 0.05) is 25.0 Å². The number of nitro benzene ring substituents is 1. The average molecular weight is 493 g/mol. The van der Waals surface area contributed by atoms with Gasteiger partial charge in [0.2, 0.25) is 5.91 Å². The van der Waals surface area contributed by atoms with E-state index in [-0.39, 0.29) is 41.2 Å².